The predicted octanol–water partition coefficient (Wildman–Crippen LogP) is 1.78. The van der Waals surface area contributed by atoms with Crippen LogP contribution in [0, 0.1) is 5.92 Å². The van der Waals surface area contributed by atoms with Gasteiger partial charge in [0, 0.05) is 5.92 Å². The van der Waals surface area contributed by atoms with Crippen molar-refractivity contribution in [3.05, 3.63) is 17.7 Å². The van der Waals surface area contributed by atoms with Crippen LogP contribution in [0.2, 0.25) is 0 Å². The van der Waals surface area contributed by atoms with Crippen LogP contribution < -0.4 is 5.32 Å². The first-order chi connectivity index (χ1) is 8.38. The van der Waals surface area contributed by atoms with Crippen molar-refractivity contribution >= 4 is 17.6 Å². The van der Waals surface area contributed by atoms with Gasteiger partial charge in [-0.1, -0.05) is 13.8 Å². The normalized spacial score (nSPS) is 11.9. The molecule has 0 saturated heterocycles. The number of nitrogens with one attached hydrogen (secondary N) is 1. The summed E-state index contributed by atoms with van der Waals surface area (Å²) in [6.45, 7) is 3.50. The Morgan fingerprint density at radius 1 is 1.33 bits per heavy atom. The van der Waals surface area contributed by atoms with Gasteiger partial charge in [-0.15, -0.1) is 0 Å². The SMILES string of the molecule is CCC(C)C(=O)Nc1c(O)ccc(C(=O)O)c1O. The molecule has 0 saturated carbocycles. The Labute approximate surface area is 104 Å². The van der Waals surface area contributed by atoms with Gasteiger partial charge in [0.05, 0.1) is 0 Å². The Balaban J connectivity index is 3.12. The molecule has 0 spiro atoms. The Bertz CT molecular complexity index is 484. The first-order valence-electron chi connectivity index (χ1n) is 5.47. The number of hydrogen-bond acceptors (Lipinski definition) is 4. The van der Waals surface area contributed by atoms with Crippen molar-refractivity contribution in [3.63, 3.8) is 0 Å². The summed E-state index contributed by atoms with van der Waals surface area (Å²) in [6.07, 6.45) is 0.589. The molecule has 0 fully saturated rings. The van der Waals surface area contributed by atoms with Crippen LogP contribution in [-0.2, 0) is 4.79 Å². The molecule has 6 heteroatoms. The Morgan fingerprint density at radius 2 is 1.94 bits per heavy atom. The van der Waals surface area contributed by atoms with Crippen LogP contribution in [0.4, 0.5) is 5.69 Å². The summed E-state index contributed by atoms with van der Waals surface area (Å²) in [4.78, 5) is 22.5. The molecular weight excluding hydrogens is 238 g/mol. The minimum atomic E-state index is -1.34. The largest absolute Gasteiger partial charge is 0.506 e. The van der Waals surface area contributed by atoms with Gasteiger partial charge in [0.25, 0.3) is 0 Å². The highest BCUT2D eigenvalue weighted by atomic mass is 16.4. The van der Waals surface area contributed by atoms with Crippen LogP contribution in [0.1, 0.15) is 30.6 Å². The lowest BCUT2D eigenvalue weighted by molar-refractivity contribution is -0.119. The van der Waals surface area contributed by atoms with Crippen LogP contribution >= 0.6 is 0 Å². The Morgan fingerprint density at radius 3 is 2.44 bits per heavy atom. The number of anilines is 1. The van der Waals surface area contributed by atoms with Crippen LogP contribution in [0.5, 0.6) is 11.5 Å². The van der Waals surface area contributed by atoms with Crippen LogP contribution in [0.15, 0.2) is 12.1 Å². The smallest absolute Gasteiger partial charge is 0.339 e. The van der Waals surface area contributed by atoms with Crippen LogP contribution in [-0.4, -0.2) is 27.2 Å². The van der Waals surface area contributed by atoms with E-state index in [4.69, 9.17) is 5.11 Å². The van der Waals surface area contributed by atoms with E-state index in [-0.39, 0.29) is 22.9 Å². The van der Waals surface area contributed by atoms with Gasteiger partial charge in [-0.3, -0.25) is 4.79 Å². The number of aromatic hydroxyl groups is 2. The monoisotopic (exact) mass is 253 g/mol. The third-order valence-corrected chi connectivity index (χ3v) is 2.69. The fraction of sp³-hybridized carbons (Fsp3) is 0.333. The molecule has 1 atom stereocenters. The second-order valence-corrected chi connectivity index (χ2v) is 3.96. The lowest BCUT2D eigenvalue weighted by Crippen LogP contribution is -2.20. The van der Waals surface area contributed by atoms with Gasteiger partial charge in [0.1, 0.15) is 17.0 Å². The number of rotatable bonds is 4. The fourth-order valence-corrected chi connectivity index (χ4v) is 1.31. The van der Waals surface area contributed by atoms with E-state index in [1.807, 2.05) is 6.92 Å². The van der Waals surface area contributed by atoms with Gasteiger partial charge in [0.2, 0.25) is 5.91 Å². The average Bonchev–Trinajstić information content (AvgIpc) is 2.32. The van der Waals surface area contributed by atoms with Gasteiger partial charge < -0.3 is 20.6 Å². The number of carboxylic acid groups (broad SMARTS) is 1. The van der Waals surface area contributed by atoms with Crippen molar-refractivity contribution < 1.29 is 24.9 Å². The number of carbonyl (C=O) groups excluding carboxylic acids is 1. The maximum atomic E-state index is 11.6. The summed E-state index contributed by atoms with van der Waals surface area (Å²) >= 11 is 0. The van der Waals surface area contributed by atoms with E-state index in [0.29, 0.717) is 6.42 Å². The van der Waals surface area contributed by atoms with E-state index < -0.39 is 17.6 Å². The molecule has 4 N–H and O–H groups in total. The zero-order valence-electron chi connectivity index (χ0n) is 10.1. The van der Waals surface area contributed by atoms with Gasteiger partial charge >= 0.3 is 5.97 Å². The molecule has 0 radical (unpaired) electrons. The standard InChI is InChI=1S/C12H15NO5/c1-3-6(2)11(16)13-9-8(14)5-4-7(10(9)15)12(17)18/h4-6,14-15H,3H2,1-2H3,(H,13,16)(H,17,18). The van der Waals surface area contributed by atoms with Crippen molar-refractivity contribution in [2.75, 3.05) is 5.32 Å². The number of carbonyl (C=O) groups is 2. The number of benzene rings is 1. The van der Waals surface area contributed by atoms with Crippen LogP contribution in [0.3, 0.4) is 0 Å². The van der Waals surface area contributed by atoms with Crippen molar-refractivity contribution in [1.29, 1.82) is 0 Å². The summed E-state index contributed by atoms with van der Waals surface area (Å²) in [6, 6.07) is 2.17. The van der Waals surface area contributed by atoms with E-state index in [9.17, 15) is 19.8 Å². The molecule has 0 aliphatic rings. The van der Waals surface area contributed by atoms with E-state index >= 15 is 0 Å². The lowest BCUT2D eigenvalue weighted by Gasteiger charge is -2.13. The van der Waals surface area contributed by atoms with Crippen LogP contribution in [0.25, 0.3) is 0 Å². The third-order valence-electron chi connectivity index (χ3n) is 2.69. The van der Waals surface area contributed by atoms with Gasteiger partial charge in [-0.05, 0) is 18.6 Å². The van der Waals surface area contributed by atoms with Crippen molar-refractivity contribution in [2.24, 2.45) is 5.92 Å². The Kier molecular flexibility index (Phi) is 4.14. The zero-order chi connectivity index (χ0) is 13.9. The zero-order valence-corrected chi connectivity index (χ0v) is 10.1. The minimum Gasteiger partial charge on any atom is -0.506 e. The Hall–Kier alpha value is -2.24. The number of amides is 1. The molecule has 18 heavy (non-hydrogen) atoms. The molecule has 1 aromatic rings. The maximum Gasteiger partial charge on any atom is 0.339 e. The average molecular weight is 253 g/mol. The first-order valence-corrected chi connectivity index (χ1v) is 5.47. The molecular formula is C12H15NO5. The highest BCUT2D eigenvalue weighted by molar-refractivity contribution is 6.00. The summed E-state index contributed by atoms with van der Waals surface area (Å²) in [5, 5.41) is 30.4. The van der Waals surface area contributed by atoms with Gasteiger partial charge in [-0.2, -0.15) is 0 Å². The summed E-state index contributed by atoms with van der Waals surface area (Å²) < 4.78 is 0. The number of carboxylic acids is 1. The second-order valence-electron chi connectivity index (χ2n) is 3.96. The van der Waals surface area contributed by atoms with Crippen molar-refractivity contribution in [3.8, 4) is 11.5 Å². The molecule has 1 rings (SSSR count). The van der Waals surface area contributed by atoms with Gasteiger partial charge in [-0.25, -0.2) is 4.79 Å². The molecule has 1 aromatic carbocycles. The summed E-state index contributed by atoms with van der Waals surface area (Å²) in [5.74, 6) is -3.08. The number of phenolic OH excluding ortho intramolecular Hbond substituents is 1. The quantitative estimate of drug-likeness (QED) is 0.612. The molecule has 0 heterocycles. The molecule has 1 amide bonds. The number of phenols is 2. The topological polar surface area (TPSA) is 107 Å². The highest BCUT2D eigenvalue weighted by Gasteiger charge is 2.20. The van der Waals surface area contributed by atoms with E-state index in [1.165, 1.54) is 0 Å². The minimum absolute atomic E-state index is 0.278. The molecule has 0 bridgehead atoms. The van der Waals surface area contributed by atoms with Gasteiger partial charge in [0.15, 0.2) is 5.75 Å². The lowest BCUT2D eigenvalue weighted by atomic mass is 10.1. The first kappa shape index (κ1) is 13.8. The van der Waals surface area contributed by atoms with Crippen molar-refractivity contribution in [2.45, 2.75) is 20.3 Å². The second kappa shape index (κ2) is 5.39. The fourth-order valence-electron chi connectivity index (χ4n) is 1.31. The molecule has 0 aliphatic heterocycles. The molecule has 98 valence electrons. The van der Waals surface area contributed by atoms with E-state index in [0.717, 1.165) is 12.1 Å². The maximum absolute atomic E-state index is 11.6. The number of aromatic carboxylic acids is 1. The third kappa shape index (κ3) is 2.71. The summed E-state index contributed by atoms with van der Waals surface area (Å²) in [5.41, 5.74) is -0.660. The summed E-state index contributed by atoms with van der Waals surface area (Å²) in [7, 11) is 0. The number of hydrogen-bond donors (Lipinski definition) is 4. The van der Waals surface area contributed by atoms with E-state index in [1.54, 1.807) is 6.92 Å². The van der Waals surface area contributed by atoms with E-state index in [2.05, 4.69) is 5.32 Å². The highest BCUT2D eigenvalue weighted by Crippen LogP contribution is 2.36. The molecule has 6 nitrogen and oxygen atoms in total. The molecule has 0 aromatic heterocycles. The molecule has 0 aliphatic carbocycles. The van der Waals surface area contributed by atoms with Crippen molar-refractivity contribution in [1.82, 2.24) is 0 Å². The molecule has 1 unspecified atom stereocenters. The predicted molar refractivity (Wildman–Crippen MR) is 64.8 cm³/mol.